The van der Waals surface area contributed by atoms with Crippen LogP contribution >= 0.6 is 15.9 Å². The van der Waals surface area contributed by atoms with E-state index in [1.54, 1.807) is 0 Å². The number of amides is 1. The van der Waals surface area contributed by atoms with E-state index in [-0.39, 0.29) is 23.8 Å². The largest absolute Gasteiger partial charge is 0.332 e. The molecule has 96 valence electrons. The van der Waals surface area contributed by atoms with Gasteiger partial charge in [-0.3, -0.25) is 9.59 Å². The molecule has 0 aromatic carbocycles. The standard InChI is InChI=1S/C13H20BrNO2/c1-9(8-14)13(17)15-7-3-6-11(15)12(16)10-4-2-5-10/h9-11H,2-8H2,1H3/t9?,11-/m1/s1. The third kappa shape index (κ3) is 2.56. The summed E-state index contributed by atoms with van der Waals surface area (Å²) in [5.41, 5.74) is 0. The Labute approximate surface area is 111 Å². The first-order valence-corrected chi connectivity index (χ1v) is 7.67. The SMILES string of the molecule is CC(CBr)C(=O)N1CCC[C@@H]1C(=O)C1CCC1. The van der Waals surface area contributed by atoms with Crippen molar-refractivity contribution >= 4 is 27.6 Å². The van der Waals surface area contributed by atoms with E-state index in [1.165, 1.54) is 6.42 Å². The predicted octanol–water partition coefficient (Wildman–Crippen LogP) is 2.38. The van der Waals surface area contributed by atoms with E-state index in [0.29, 0.717) is 11.1 Å². The van der Waals surface area contributed by atoms with E-state index in [1.807, 2.05) is 11.8 Å². The van der Waals surface area contributed by atoms with E-state index in [0.717, 1.165) is 32.2 Å². The van der Waals surface area contributed by atoms with Crippen LogP contribution in [0.3, 0.4) is 0 Å². The molecule has 1 aliphatic carbocycles. The van der Waals surface area contributed by atoms with E-state index >= 15 is 0 Å². The Kier molecular flexibility index (Phi) is 4.23. The zero-order chi connectivity index (χ0) is 12.4. The lowest BCUT2D eigenvalue weighted by atomic mass is 9.79. The van der Waals surface area contributed by atoms with Gasteiger partial charge >= 0.3 is 0 Å². The normalized spacial score (nSPS) is 26.7. The van der Waals surface area contributed by atoms with E-state index in [2.05, 4.69) is 15.9 Å². The van der Waals surface area contributed by atoms with Crippen LogP contribution in [0.15, 0.2) is 0 Å². The minimum Gasteiger partial charge on any atom is -0.332 e. The van der Waals surface area contributed by atoms with Crippen molar-refractivity contribution in [3.63, 3.8) is 0 Å². The van der Waals surface area contributed by atoms with E-state index < -0.39 is 0 Å². The van der Waals surface area contributed by atoms with Gasteiger partial charge in [0.1, 0.15) is 0 Å². The molecule has 2 rings (SSSR count). The highest BCUT2D eigenvalue weighted by Crippen LogP contribution is 2.32. The molecule has 1 saturated heterocycles. The van der Waals surface area contributed by atoms with Gasteiger partial charge < -0.3 is 4.90 Å². The molecule has 1 saturated carbocycles. The van der Waals surface area contributed by atoms with Crippen LogP contribution in [-0.4, -0.2) is 34.5 Å². The summed E-state index contributed by atoms with van der Waals surface area (Å²) in [5, 5.41) is 0.673. The van der Waals surface area contributed by atoms with Crippen LogP contribution < -0.4 is 0 Å². The smallest absolute Gasteiger partial charge is 0.226 e. The van der Waals surface area contributed by atoms with Gasteiger partial charge in [0.25, 0.3) is 0 Å². The summed E-state index contributed by atoms with van der Waals surface area (Å²) in [7, 11) is 0. The minimum atomic E-state index is -0.116. The second kappa shape index (κ2) is 5.51. The fourth-order valence-electron chi connectivity index (χ4n) is 2.64. The first-order valence-electron chi connectivity index (χ1n) is 6.55. The molecule has 17 heavy (non-hydrogen) atoms. The second-order valence-corrected chi connectivity index (χ2v) is 5.92. The van der Waals surface area contributed by atoms with Gasteiger partial charge in [-0.2, -0.15) is 0 Å². The summed E-state index contributed by atoms with van der Waals surface area (Å²) in [5.74, 6) is 0.679. The molecule has 0 N–H and O–H groups in total. The second-order valence-electron chi connectivity index (χ2n) is 5.28. The molecule has 1 unspecified atom stereocenters. The number of rotatable bonds is 4. The number of carbonyl (C=O) groups is 2. The van der Waals surface area contributed by atoms with Gasteiger partial charge in [-0.1, -0.05) is 29.3 Å². The number of halogens is 1. The summed E-state index contributed by atoms with van der Waals surface area (Å²) in [6, 6.07) is -0.116. The molecular weight excluding hydrogens is 282 g/mol. The molecule has 0 bridgehead atoms. The number of Topliss-reactive ketones (excluding diaryl/α,β-unsaturated/α-hetero) is 1. The fourth-order valence-corrected chi connectivity index (χ4v) is 2.92. The van der Waals surface area contributed by atoms with Crippen molar-refractivity contribution in [2.24, 2.45) is 11.8 Å². The molecule has 3 nitrogen and oxygen atoms in total. The van der Waals surface area contributed by atoms with Crippen LogP contribution in [0.2, 0.25) is 0 Å². The minimum absolute atomic E-state index is 0.0233. The van der Waals surface area contributed by atoms with Crippen molar-refractivity contribution in [2.75, 3.05) is 11.9 Å². The predicted molar refractivity (Wildman–Crippen MR) is 70.0 cm³/mol. The quantitative estimate of drug-likeness (QED) is 0.748. The summed E-state index contributed by atoms with van der Waals surface area (Å²) in [6.07, 6.45) is 5.09. The van der Waals surface area contributed by atoms with Gasteiger partial charge in [0.15, 0.2) is 5.78 Å². The number of nitrogens with zero attached hydrogens (tertiary/aromatic N) is 1. The molecule has 2 aliphatic rings. The summed E-state index contributed by atoms with van der Waals surface area (Å²) in [4.78, 5) is 26.2. The monoisotopic (exact) mass is 301 g/mol. The highest BCUT2D eigenvalue weighted by Gasteiger charge is 2.39. The van der Waals surface area contributed by atoms with Gasteiger partial charge in [-0.25, -0.2) is 0 Å². The molecule has 1 amide bonds. The maximum Gasteiger partial charge on any atom is 0.226 e. The number of ketones is 1. The molecule has 1 heterocycles. The zero-order valence-corrected chi connectivity index (χ0v) is 11.9. The lowest BCUT2D eigenvalue weighted by Gasteiger charge is -2.32. The van der Waals surface area contributed by atoms with Crippen LogP contribution in [0.1, 0.15) is 39.0 Å². The molecular formula is C13H20BrNO2. The number of carbonyl (C=O) groups excluding carboxylic acids is 2. The topological polar surface area (TPSA) is 37.4 Å². The number of alkyl halides is 1. The highest BCUT2D eigenvalue weighted by molar-refractivity contribution is 9.09. The van der Waals surface area contributed by atoms with Gasteiger partial charge in [0, 0.05) is 23.7 Å². The van der Waals surface area contributed by atoms with Gasteiger partial charge in [-0.05, 0) is 25.7 Å². The average molecular weight is 302 g/mol. The summed E-state index contributed by atoms with van der Waals surface area (Å²) in [6.45, 7) is 2.68. The lowest BCUT2D eigenvalue weighted by molar-refractivity contribution is -0.142. The highest BCUT2D eigenvalue weighted by atomic mass is 79.9. The van der Waals surface area contributed by atoms with Crippen molar-refractivity contribution in [3.8, 4) is 0 Å². The molecule has 0 aromatic rings. The number of hydrogen-bond acceptors (Lipinski definition) is 2. The van der Waals surface area contributed by atoms with E-state index in [4.69, 9.17) is 0 Å². The van der Waals surface area contributed by atoms with Crippen LogP contribution in [0.4, 0.5) is 0 Å². The number of likely N-dealkylation sites (tertiary alicyclic amines) is 1. The van der Waals surface area contributed by atoms with Gasteiger partial charge in [-0.15, -0.1) is 0 Å². The summed E-state index contributed by atoms with van der Waals surface area (Å²) >= 11 is 3.34. The van der Waals surface area contributed by atoms with Crippen molar-refractivity contribution in [3.05, 3.63) is 0 Å². The fraction of sp³-hybridized carbons (Fsp3) is 0.846. The van der Waals surface area contributed by atoms with Crippen LogP contribution in [0, 0.1) is 11.8 Å². The molecule has 2 atom stereocenters. The Bertz CT molecular complexity index is 292. The first kappa shape index (κ1) is 13.1. The Morgan fingerprint density at radius 3 is 2.53 bits per heavy atom. The van der Waals surface area contributed by atoms with Gasteiger partial charge in [0.05, 0.1) is 6.04 Å². The Hall–Kier alpha value is -0.380. The van der Waals surface area contributed by atoms with Crippen molar-refractivity contribution in [1.82, 2.24) is 4.90 Å². The Morgan fingerprint density at radius 2 is 2.00 bits per heavy atom. The van der Waals surface area contributed by atoms with Gasteiger partial charge in [0.2, 0.25) is 5.91 Å². The maximum absolute atomic E-state index is 12.2. The average Bonchev–Trinajstić information content (AvgIpc) is 2.73. The third-order valence-corrected chi connectivity index (χ3v) is 5.00. The molecule has 0 radical (unpaired) electrons. The molecule has 0 spiro atoms. The third-order valence-electron chi connectivity index (χ3n) is 4.02. The Balaban J connectivity index is 2.01. The van der Waals surface area contributed by atoms with Crippen LogP contribution in [0.25, 0.3) is 0 Å². The Morgan fingerprint density at radius 1 is 1.29 bits per heavy atom. The van der Waals surface area contributed by atoms with Crippen molar-refractivity contribution in [2.45, 2.75) is 45.1 Å². The van der Waals surface area contributed by atoms with Crippen molar-refractivity contribution < 1.29 is 9.59 Å². The number of hydrogen-bond donors (Lipinski definition) is 0. The van der Waals surface area contributed by atoms with Crippen molar-refractivity contribution in [1.29, 1.82) is 0 Å². The zero-order valence-electron chi connectivity index (χ0n) is 10.3. The molecule has 4 heteroatoms. The maximum atomic E-state index is 12.2. The molecule has 2 fully saturated rings. The lowest BCUT2D eigenvalue weighted by Crippen LogP contribution is -2.46. The molecule has 1 aliphatic heterocycles. The van der Waals surface area contributed by atoms with Crippen LogP contribution in [0.5, 0.6) is 0 Å². The first-order chi connectivity index (χ1) is 8.15. The molecule has 0 aromatic heterocycles. The summed E-state index contributed by atoms with van der Waals surface area (Å²) < 4.78 is 0. The van der Waals surface area contributed by atoms with E-state index in [9.17, 15) is 9.59 Å². The van der Waals surface area contributed by atoms with Crippen LogP contribution in [-0.2, 0) is 9.59 Å².